The van der Waals surface area contributed by atoms with E-state index in [1.165, 1.54) is 0 Å². The predicted molar refractivity (Wildman–Crippen MR) is 75.3 cm³/mol. The summed E-state index contributed by atoms with van der Waals surface area (Å²) in [5.74, 6) is 0. The van der Waals surface area contributed by atoms with Gasteiger partial charge < -0.3 is 15.5 Å². The van der Waals surface area contributed by atoms with Gasteiger partial charge in [-0.3, -0.25) is 14.7 Å². The molecule has 0 aromatic heterocycles. The van der Waals surface area contributed by atoms with Crippen LogP contribution in [-0.2, 0) is 0 Å². The largest absolute Gasteiger partial charge is 0.395 e. The Kier molecular flexibility index (Phi) is 6.49. The molecule has 0 saturated carbocycles. The van der Waals surface area contributed by atoms with Crippen LogP contribution in [-0.4, -0.2) is 110 Å². The Morgan fingerprint density at radius 3 is 1.95 bits per heavy atom. The van der Waals surface area contributed by atoms with Crippen molar-refractivity contribution in [1.82, 2.24) is 20.0 Å². The molecule has 1 unspecified atom stereocenters. The molecule has 0 spiro atoms. The molecule has 6 heteroatoms. The number of hydrogen-bond donors (Lipinski definition) is 3. The van der Waals surface area contributed by atoms with Crippen LogP contribution in [0, 0.1) is 0 Å². The molecule has 2 heterocycles. The molecule has 3 N–H and O–H groups in total. The van der Waals surface area contributed by atoms with Crippen molar-refractivity contribution in [3.05, 3.63) is 0 Å². The third kappa shape index (κ3) is 5.33. The highest BCUT2D eigenvalue weighted by Crippen LogP contribution is 2.04. The third-order valence-electron chi connectivity index (χ3n) is 4.03. The summed E-state index contributed by atoms with van der Waals surface area (Å²) >= 11 is 0. The molecule has 6 nitrogen and oxygen atoms in total. The summed E-state index contributed by atoms with van der Waals surface area (Å²) in [6.45, 7) is 10.7. The fraction of sp³-hybridized carbons (Fsp3) is 1.00. The van der Waals surface area contributed by atoms with Gasteiger partial charge in [-0.2, -0.15) is 0 Å². The van der Waals surface area contributed by atoms with Crippen LogP contribution >= 0.6 is 0 Å². The molecular weight excluding hydrogens is 244 g/mol. The van der Waals surface area contributed by atoms with E-state index in [1.54, 1.807) is 0 Å². The normalized spacial score (nSPS) is 25.6. The van der Waals surface area contributed by atoms with Gasteiger partial charge in [0.2, 0.25) is 0 Å². The van der Waals surface area contributed by atoms with Crippen LogP contribution < -0.4 is 5.32 Å². The van der Waals surface area contributed by atoms with E-state index in [4.69, 9.17) is 5.11 Å². The predicted octanol–water partition coefficient (Wildman–Crippen LogP) is -2.14. The first kappa shape index (κ1) is 15.2. The summed E-state index contributed by atoms with van der Waals surface area (Å²) in [7, 11) is 0. The van der Waals surface area contributed by atoms with Crippen molar-refractivity contribution in [3.63, 3.8) is 0 Å². The number of aliphatic hydroxyl groups excluding tert-OH is 2. The Bertz CT molecular complexity index is 241. The zero-order valence-corrected chi connectivity index (χ0v) is 11.8. The zero-order chi connectivity index (χ0) is 13.5. The van der Waals surface area contributed by atoms with Crippen LogP contribution in [0.5, 0.6) is 0 Å². The minimum Gasteiger partial charge on any atom is -0.395 e. The Morgan fingerprint density at radius 2 is 1.37 bits per heavy atom. The molecule has 19 heavy (non-hydrogen) atoms. The SMILES string of the molecule is OCCN1CCN(CC(O)CN2CCNCC2)CC1. The molecule has 1 atom stereocenters. The smallest absolute Gasteiger partial charge is 0.0793 e. The molecule has 2 aliphatic rings. The van der Waals surface area contributed by atoms with E-state index < -0.39 is 0 Å². The van der Waals surface area contributed by atoms with E-state index in [1.807, 2.05) is 0 Å². The van der Waals surface area contributed by atoms with E-state index in [0.29, 0.717) is 0 Å². The Hall–Kier alpha value is -0.240. The summed E-state index contributed by atoms with van der Waals surface area (Å²) in [4.78, 5) is 6.95. The van der Waals surface area contributed by atoms with Crippen molar-refractivity contribution in [3.8, 4) is 0 Å². The lowest BCUT2D eigenvalue weighted by molar-refractivity contribution is 0.0446. The standard InChI is InChI=1S/C13H28N4O2/c18-10-9-15-5-7-17(8-6-15)12-13(19)11-16-3-1-14-2-4-16/h13-14,18-19H,1-12H2. The van der Waals surface area contributed by atoms with Crippen LogP contribution in [0.25, 0.3) is 0 Å². The fourth-order valence-electron chi connectivity index (χ4n) is 2.88. The first-order chi connectivity index (χ1) is 9.28. The van der Waals surface area contributed by atoms with Crippen LogP contribution in [0.15, 0.2) is 0 Å². The quantitative estimate of drug-likeness (QED) is 0.513. The molecular formula is C13H28N4O2. The van der Waals surface area contributed by atoms with Gasteiger partial charge >= 0.3 is 0 Å². The number of β-amino-alcohol motifs (C(OH)–C–C–N with tert-alkyl or cyclic N) is 2. The van der Waals surface area contributed by atoms with Crippen LogP contribution in [0.1, 0.15) is 0 Å². The average molecular weight is 272 g/mol. The second-order valence-corrected chi connectivity index (χ2v) is 5.57. The molecule has 0 radical (unpaired) electrons. The van der Waals surface area contributed by atoms with Gasteiger partial charge in [-0.05, 0) is 0 Å². The molecule has 2 fully saturated rings. The Balaban J connectivity index is 1.61. The van der Waals surface area contributed by atoms with Gasteiger partial charge in [0.1, 0.15) is 0 Å². The van der Waals surface area contributed by atoms with E-state index >= 15 is 0 Å². The highest BCUT2D eigenvalue weighted by atomic mass is 16.3. The highest BCUT2D eigenvalue weighted by Gasteiger charge is 2.20. The molecule has 0 amide bonds. The minimum atomic E-state index is -0.248. The fourth-order valence-corrected chi connectivity index (χ4v) is 2.88. The van der Waals surface area contributed by atoms with Gasteiger partial charge in [-0.15, -0.1) is 0 Å². The lowest BCUT2D eigenvalue weighted by Gasteiger charge is -2.36. The molecule has 112 valence electrons. The van der Waals surface area contributed by atoms with Crippen LogP contribution in [0.2, 0.25) is 0 Å². The maximum Gasteiger partial charge on any atom is 0.0793 e. The highest BCUT2D eigenvalue weighted by molar-refractivity contribution is 4.77. The van der Waals surface area contributed by atoms with Gasteiger partial charge in [0, 0.05) is 72.0 Å². The maximum atomic E-state index is 10.2. The first-order valence-corrected chi connectivity index (χ1v) is 7.44. The third-order valence-corrected chi connectivity index (χ3v) is 4.03. The van der Waals surface area contributed by atoms with Gasteiger partial charge in [0.25, 0.3) is 0 Å². The summed E-state index contributed by atoms with van der Waals surface area (Å²) < 4.78 is 0. The van der Waals surface area contributed by atoms with Crippen LogP contribution in [0.4, 0.5) is 0 Å². The molecule has 2 aliphatic heterocycles. The van der Waals surface area contributed by atoms with Crippen molar-refractivity contribution < 1.29 is 10.2 Å². The van der Waals surface area contributed by atoms with Crippen molar-refractivity contribution in [2.24, 2.45) is 0 Å². The van der Waals surface area contributed by atoms with Gasteiger partial charge in [-0.25, -0.2) is 0 Å². The zero-order valence-electron chi connectivity index (χ0n) is 11.8. The number of hydrogen-bond acceptors (Lipinski definition) is 6. The van der Waals surface area contributed by atoms with E-state index in [9.17, 15) is 5.11 Å². The number of piperazine rings is 2. The first-order valence-electron chi connectivity index (χ1n) is 7.44. The summed E-state index contributed by atoms with van der Waals surface area (Å²) in [6, 6.07) is 0. The summed E-state index contributed by atoms with van der Waals surface area (Å²) in [5.41, 5.74) is 0. The molecule has 2 rings (SSSR count). The molecule has 2 saturated heterocycles. The van der Waals surface area contributed by atoms with Crippen molar-refractivity contribution in [2.75, 3.05) is 78.6 Å². The van der Waals surface area contributed by atoms with Crippen LogP contribution in [0.3, 0.4) is 0 Å². The molecule has 0 bridgehead atoms. The Morgan fingerprint density at radius 1 is 0.842 bits per heavy atom. The van der Waals surface area contributed by atoms with Gasteiger partial charge in [0.05, 0.1) is 12.7 Å². The minimum absolute atomic E-state index is 0.242. The number of aliphatic hydroxyl groups is 2. The number of rotatable bonds is 6. The average Bonchev–Trinajstić information content (AvgIpc) is 2.42. The van der Waals surface area contributed by atoms with Gasteiger partial charge in [0.15, 0.2) is 0 Å². The summed E-state index contributed by atoms with van der Waals surface area (Å²) in [5, 5.41) is 22.4. The number of nitrogens with zero attached hydrogens (tertiary/aromatic N) is 3. The van der Waals surface area contributed by atoms with E-state index in [0.717, 1.165) is 72.0 Å². The molecule has 0 aromatic rings. The monoisotopic (exact) mass is 272 g/mol. The summed E-state index contributed by atoms with van der Waals surface area (Å²) in [6.07, 6.45) is -0.248. The van der Waals surface area contributed by atoms with E-state index in [-0.39, 0.29) is 12.7 Å². The molecule has 0 aliphatic carbocycles. The van der Waals surface area contributed by atoms with E-state index in [2.05, 4.69) is 20.0 Å². The van der Waals surface area contributed by atoms with Crippen molar-refractivity contribution >= 4 is 0 Å². The topological polar surface area (TPSA) is 62.2 Å². The van der Waals surface area contributed by atoms with Crippen molar-refractivity contribution in [1.29, 1.82) is 0 Å². The van der Waals surface area contributed by atoms with Gasteiger partial charge in [-0.1, -0.05) is 0 Å². The lowest BCUT2D eigenvalue weighted by Crippen LogP contribution is -2.52. The molecule has 0 aromatic carbocycles. The second kappa shape index (κ2) is 8.14. The Labute approximate surface area is 116 Å². The lowest BCUT2D eigenvalue weighted by atomic mass is 10.2. The number of nitrogens with one attached hydrogen (secondary N) is 1. The maximum absolute atomic E-state index is 10.2. The second-order valence-electron chi connectivity index (χ2n) is 5.57. The van der Waals surface area contributed by atoms with Crippen molar-refractivity contribution in [2.45, 2.75) is 6.10 Å².